The molecule has 0 aliphatic heterocycles. The molecule has 0 fully saturated rings. The third-order valence-electron chi connectivity index (χ3n) is 5.91. The van der Waals surface area contributed by atoms with Gasteiger partial charge >= 0.3 is 5.63 Å². The number of aryl methyl sites for hydroxylation is 2. The number of ketones is 1. The molecule has 3 aromatic rings. The molecule has 164 valence electrons. The molecule has 0 aliphatic carbocycles. The summed E-state index contributed by atoms with van der Waals surface area (Å²) in [5.74, 6) is -0.157. The normalized spacial score (nSPS) is 11.1. The Morgan fingerprint density at radius 1 is 1.03 bits per heavy atom. The highest BCUT2D eigenvalue weighted by Crippen LogP contribution is 2.25. The van der Waals surface area contributed by atoms with Crippen molar-refractivity contribution < 1.29 is 13.6 Å². The van der Waals surface area contributed by atoms with Gasteiger partial charge in [-0.1, -0.05) is 18.2 Å². The van der Waals surface area contributed by atoms with Crippen LogP contribution in [0.1, 0.15) is 49.8 Å². The Balaban J connectivity index is 1.65. The molecule has 4 nitrogen and oxygen atoms in total. The van der Waals surface area contributed by atoms with Crippen LogP contribution in [-0.4, -0.2) is 18.9 Å². The van der Waals surface area contributed by atoms with Crippen molar-refractivity contribution >= 4 is 22.4 Å². The van der Waals surface area contributed by atoms with Crippen LogP contribution < -0.4 is 10.5 Å². The van der Waals surface area contributed by atoms with Gasteiger partial charge in [0.05, 0.1) is 0 Å². The minimum absolute atomic E-state index is 0.0760. The largest absolute Gasteiger partial charge is 0.422 e. The topological polar surface area (TPSA) is 50.5 Å². The monoisotopic (exact) mass is 423 g/mol. The Hall–Kier alpha value is -2.95. The highest BCUT2D eigenvalue weighted by molar-refractivity contribution is 5.84. The van der Waals surface area contributed by atoms with Crippen molar-refractivity contribution in [3.05, 3.63) is 75.4 Å². The van der Waals surface area contributed by atoms with Crippen LogP contribution in [0.3, 0.4) is 0 Å². The molecule has 0 unspecified atom stereocenters. The number of nitrogens with zero attached hydrogens (tertiary/aromatic N) is 1. The van der Waals surface area contributed by atoms with E-state index in [2.05, 4.69) is 18.7 Å². The van der Waals surface area contributed by atoms with Gasteiger partial charge in [-0.2, -0.15) is 0 Å². The highest BCUT2D eigenvalue weighted by atomic mass is 19.1. The van der Waals surface area contributed by atoms with Gasteiger partial charge in [0.25, 0.3) is 0 Å². The summed E-state index contributed by atoms with van der Waals surface area (Å²) >= 11 is 0. The van der Waals surface area contributed by atoms with Gasteiger partial charge in [-0.3, -0.25) is 4.79 Å². The summed E-state index contributed by atoms with van der Waals surface area (Å²) in [5.41, 5.74) is 3.29. The number of rotatable bonds is 10. The van der Waals surface area contributed by atoms with Crippen LogP contribution in [0.15, 0.2) is 51.7 Å². The van der Waals surface area contributed by atoms with E-state index in [9.17, 15) is 14.0 Å². The van der Waals surface area contributed by atoms with Crippen LogP contribution in [0.2, 0.25) is 0 Å². The van der Waals surface area contributed by atoms with Crippen LogP contribution in [0, 0.1) is 12.7 Å². The Bertz CT molecular complexity index is 1120. The first-order valence-electron chi connectivity index (χ1n) is 11.0. The summed E-state index contributed by atoms with van der Waals surface area (Å²) in [4.78, 5) is 27.1. The first-order valence-corrected chi connectivity index (χ1v) is 11.0. The number of carbonyl (C=O) groups excluding carboxylic acids is 1. The fourth-order valence-corrected chi connectivity index (χ4v) is 4.02. The summed E-state index contributed by atoms with van der Waals surface area (Å²) in [6.45, 7) is 7.84. The quantitative estimate of drug-likeness (QED) is 0.398. The van der Waals surface area contributed by atoms with Crippen molar-refractivity contribution in [2.75, 3.05) is 18.0 Å². The summed E-state index contributed by atoms with van der Waals surface area (Å²) < 4.78 is 19.3. The lowest BCUT2D eigenvalue weighted by atomic mass is 9.99. The van der Waals surface area contributed by atoms with Crippen molar-refractivity contribution in [1.82, 2.24) is 0 Å². The number of Topliss-reactive ketones (excluding diaryl/α,β-unsaturated/α-hetero) is 1. The Kier molecular flexibility index (Phi) is 7.61. The fourth-order valence-electron chi connectivity index (χ4n) is 4.02. The van der Waals surface area contributed by atoms with E-state index in [0.29, 0.717) is 42.4 Å². The predicted molar refractivity (Wildman–Crippen MR) is 123 cm³/mol. The van der Waals surface area contributed by atoms with Crippen molar-refractivity contribution in [2.45, 2.75) is 52.9 Å². The summed E-state index contributed by atoms with van der Waals surface area (Å²) in [5, 5.41) is 0.900. The zero-order valence-electron chi connectivity index (χ0n) is 18.5. The molecule has 1 heterocycles. The van der Waals surface area contributed by atoms with Crippen molar-refractivity contribution in [3.63, 3.8) is 0 Å². The number of fused-ring (bicyclic) bond motifs is 1. The molecule has 0 amide bonds. The average molecular weight is 424 g/mol. The predicted octanol–water partition coefficient (Wildman–Crippen LogP) is 5.61. The van der Waals surface area contributed by atoms with Crippen molar-refractivity contribution in [3.8, 4) is 0 Å². The van der Waals surface area contributed by atoms with Gasteiger partial charge in [-0.05, 0) is 69.4 Å². The minimum atomic E-state index is -0.374. The third-order valence-corrected chi connectivity index (χ3v) is 5.91. The Morgan fingerprint density at radius 3 is 2.48 bits per heavy atom. The zero-order chi connectivity index (χ0) is 22.4. The van der Waals surface area contributed by atoms with Gasteiger partial charge in [0.1, 0.15) is 17.2 Å². The molecular weight excluding hydrogens is 393 g/mol. The van der Waals surface area contributed by atoms with Gasteiger partial charge < -0.3 is 9.32 Å². The maximum absolute atomic E-state index is 13.7. The molecule has 2 aromatic carbocycles. The first kappa shape index (κ1) is 22.7. The molecule has 1 aromatic heterocycles. The SMILES string of the molecule is CCN(CC)c1ccc2c(C)c(CCC(=O)CCCc3ccccc3F)c(=O)oc2c1. The number of hydrogen-bond acceptors (Lipinski definition) is 4. The van der Waals surface area contributed by atoms with Gasteiger partial charge in [0, 0.05) is 48.6 Å². The second kappa shape index (κ2) is 10.4. The number of benzene rings is 2. The van der Waals surface area contributed by atoms with Gasteiger partial charge in [0.2, 0.25) is 0 Å². The number of hydrogen-bond donors (Lipinski definition) is 0. The number of carbonyl (C=O) groups is 1. The lowest BCUT2D eigenvalue weighted by molar-refractivity contribution is -0.119. The molecule has 0 saturated carbocycles. The number of halogens is 1. The lowest BCUT2D eigenvalue weighted by Crippen LogP contribution is -2.21. The van der Waals surface area contributed by atoms with E-state index < -0.39 is 0 Å². The van der Waals surface area contributed by atoms with E-state index in [4.69, 9.17) is 4.42 Å². The van der Waals surface area contributed by atoms with E-state index in [1.165, 1.54) is 6.07 Å². The van der Waals surface area contributed by atoms with E-state index in [1.807, 2.05) is 25.1 Å². The van der Waals surface area contributed by atoms with Crippen molar-refractivity contribution in [1.29, 1.82) is 0 Å². The van der Waals surface area contributed by atoms with E-state index in [0.717, 1.165) is 29.7 Å². The standard InChI is InChI=1S/C26H30FNO3/c1-4-28(5-2)20-13-15-22-18(3)23(26(30)31-25(22)17-20)16-14-21(29)11-8-10-19-9-6-7-12-24(19)27/h6-7,9,12-13,15,17H,4-5,8,10-11,14,16H2,1-3H3. The van der Waals surface area contributed by atoms with E-state index >= 15 is 0 Å². The van der Waals surface area contributed by atoms with Crippen molar-refractivity contribution in [2.24, 2.45) is 0 Å². The maximum atomic E-state index is 13.7. The highest BCUT2D eigenvalue weighted by Gasteiger charge is 2.14. The molecule has 5 heteroatoms. The third kappa shape index (κ3) is 5.40. The maximum Gasteiger partial charge on any atom is 0.339 e. The molecule has 0 spiro atoms. The average Bonchev–Trinajstić information content (AvgIpc) is 2.75. The van der Waals surface area contributed by atoms with Crippen LogP contribution in [0.4, 0.5) is 10.1 Å². The summed E-state index contributed by atoms with van der Waals surface area (Å²) in [7, 11) is 0. The molecule has 0 N–H and O–H groups in total. The van der Waals surface area contributed by atoms with Gasteiger partial charge in [-0.25, -0.2) is 9.18 Å². The van der Waals surface area contributed by atoms with Crippen LogP contribution in [0.25, 0.3) is 11.0 Å². The zero-order valence-corrected chi connectivity index (χ0v) is 18.5. The fraction of sp³-hybridized carbons (Fsp3) is 0.385. The van der Waals surface area contributed by atoms with Crippen LogP contribution in [0.5, 0.6) is 0 Å². The first-order chi connectivity index (χ1) is 14.9. The van der Waals surface area contributed by atoms with E-state index in [1.54, 1.807) is 18.2 Å². The molecule has 3 rings (SSSR count). The molecular formula is C26H30FNO3. The second-order valence-corrected chi connectivity index (χ2v) is 7.83. The smallest absolute Gasteiger partial charge is 0.339 e. The molecule has 0 atom stereocenters. The van der Waals surface area contributed by atoms with E-state index in [-0.39, 0.29) is 23.6 Å². The molecule has 0 saturated heterocycles. The second-order valence-electron chi connectivity index (χ2n) is 7.83. The van der Waals surface area contributed by atoms with Gasteiger partial charge in [0.15, 0.2) is 0 Å². The lowest BCUT2D eigenvalue weighted by Gasteiger charge is -2.21. The summed E-state index contributed by atoms with van der Waals surface area (Å²) in [6, 6.07) is 12.6. The molecule has 0 bridgehead atoms. The van der Waals surface area contributed by atoms with Crippen LogP contribution in [-0.2, 0) is 17.6 Å². The summed E-state index contributed by atoms with van der Waals surface area (Å²) in [6.07, 6.45) is 2.15. The van der Waals surface area contributed by atoms with Gasteiger partial charge in [-0.15, -0.1) is 0 Å². The Morgan fingerprint density at radius 2 is 1.77 bits per heavy atom. The minimum Gasteiger partial charge on any atom is -0.422 e. The Labute approximate surface area is 182 Å². The molecule has 0 aliphatic rings. The van der Waals surface area contributed by atoms with Crippen LogP contribution >= 0.6 is 0 Å². The molecule has 31 heavy (non-hydrogen) atoms. The number of anilines is 1. The molecule has 0 radical (unpaired) electrons.